The van der Waals surface area contributed by atoms with Crippen molar-refractivity contribution < 1.29 is 4.79 Å². The van der Waals surface area contributed by atoms with Gasteiger partial charge < -0.3 is 15.5 Å². The number of hydrogen-bond acceptors (Lipinski definition) is 4. The van der Waals surface area contributed by atoms with Gasteiger partial charge in [0.15, 0.2) is 0 Å². The number of aromatic nitrogens is 1. The molecule has 0 radical (unpaired) electrons. The van der Waals surface area contributed by atoms with Gasteiger partial charge in [0, 0.05) is 32.5 Å². The van der Waals surface area contributed by atoms with Crippen LogP contribution in [0.5, 0.6) is 0 Å². The van der Waals surface area contributed by atoms with Crippen molar-refractivity contribution in [1.82, 2.24) is 14.8 Å². The predicted octanol–water partition coefficient (Wildman–Crippen LogP) is 0.416. The molecule has 0 aromatic carbocycles. The quantitative estimate of drug-likeness (QED) is 0.818. The SMILES string of the molecule is CN1CCC(CN(C)C(=O)c2ccncc2C#CCN)C1. The summed E-state index contributed by atoms with van der Waals surface area (Å²) in [5.41, 5.74) is 6.63. The summed E-state index contributed by atoms with van der Waals surface area (Å²) in [7, 11) is 3.96. The van der Waals surface area contributed by atoms with Crippen molar-refractivity contribution in [2.75, 3.05) is 40.3 Å². The molecule has 1 saturated heterocycles. The van der Waals surface area contributed by atoms with Gasteiger partial charge in [0.1, 0.15) is 0 Å². The summed E-state index contributed by atoms with van der Waals surface area (Å²) in [5.74, 6) is 6.23. The van der Waals surface area contributed by atoms with E-state index in [0.29, 0.717) is 17.0 Å². The number of amides is 1. The standard InChI is InChI=1S/C16H22N4O/c1-19-9-6-13(11-19)12-20(2)16(21)15-5-8-18-10-14(15)4-3-7-17/h5,8,10,13H,6-7,9,11-12,17H2,1-2H3. The van der Waals surface area contributed by atoms with Gasteiger partial charge >= 0.3 is 0 Å². The average Bonchev–Trinajstić information content (AvgIpc) is 2.89. The largest absolute Gasteiger partial charge is 0.341 e. The van der Waals surface area contributed by atoms with Crippen molar-refractivity contribution in [3.63, 3.8) is 0 Å². The summed E-state index contributed by atoms with van der Waals surface area (Å²) in [5, 5.41) is 0. The van der Waals surface area contributed by atoms with Crippen LogP contribution in [0.1, 0.15) is 22.3 Å². The van der Waals surface area contributed by atoms with Gasteiger partial charge in [-0.2, -0.15) is 0 Å². The molecule has 5 heteroatoms. The summed E-state index contributed by atoms with van der Waals surface area (Å²) in [6.45, 7) is 3.20. The van der Waals surface area contributed by atoms with Crippen LogP contribution in [0.15, 0.2) is 18.5 Å². The first-order valence-corrected chi connectivity index (χ1v) is 7.18. The molecule has 5 nitrogen and oxygen atoms in total. The van der Waals surface area contributed by atoms with Crippen LogP contribution in [0.3, 0.4) is 0 Å². The Morgan fingerprint density at radius 2 is 2.43 bits per heavy atom. The Morgan fingerprint density at radius 3 is 3.10 bits per heavy atom. The molecule has 1 amide bonds. The van der Waals surface area contributed by atoms with Crippen LogP contribution in [-0.4, -0.2) is 61.0 Å². The van der Waals surface area contributed by atoms with Crippen LogP contribution in [0.2, 0.25) is 0 Å². The highest BCUT2D eigenvalue weighted by Gasteiger charge is 2.23. The molecule has 2 heterocycles. The number of nitrogens with zero attached hydrogens (tertiary/aromatic N) is 3. The third-order valence-corrected chi connectivity index (χ3v) is 3.74. The lowest BCUT2D eigenvalue weighted by atomic mass is 10.1. The molecule has 1 aliphatic rings. The Hall–Kier alpha value is -1.90. The Balaban J connectivity index is 2.08. The third kappa shape index (κ3) is 4.03. The van der Waals surface area contributed by atoms with Gasteiger partial charge in [-0.1, -0.05) is 11.8 Å². The van der Waals surface area contributed by atoms with E-state index < -0.39 is 0 Å². The predicted molar refractivity (Wildman–Crippen MR) is 82.7 cm³/mol. The zero-order chi connectivity index (χ0) is 15.2. The lowest BCUT2D eigenvalue weighted by Crippen LogP contribution is -2.33. The topological polar surface area (TPSA) is 62.5 Å². The Labute approximate surface area is 126 Å². The first-order chi connectivity index (χ1) is 10.1. The summed E-state index contributed by atoms with van der Waals surface area (Å²) in [6.07, 6.45) is 4.38. The van der Waals surface area contributed by atoms with Crippen LogP contribution < -0.4 is 5.73 Å². The van der Waals surface area contributed by atoms with Gasteiger partial charge in [-0.15, -0.1) is 0 Å². The maximum absolute atomic E-state index is 12.6. The summed E-state index contributed by atoms with van der Waals surface area (Å²) in [6, 6.07) is 1.72. The van der Waals surface area contributed by atoms with Crippen LogP contribution >= 0.6 is 0 Å². The van der Waals surface area contributed by atoms with Crippen LogP contribution in [-0.2, 0) is 0 Å². The minimum atomic E-state index is -0.00623. The number of nitrogens with two attached hydrogens (primary N) is 1. The van der Waals surface area contributed by atoms with Crippen LogP contribution in [0, 0.1) is 17.8 Å². The molecule has 0 spiro atoms. The van der Waals surface area contributed by atoms with Gasteiger partial charge in [0.05, 0.1) is 17.7 Å². The molecule has 1 aromatic heterocycles. The molecule has 21 heavy (non-hydrogen) atoms. The maximum atomic E-state index is 12.6. The van der Waals surface area contributed by atoms with E-state index in [9.17, 15) is 4.79 Å². The van der Waals surface area contributed by atoms with Crippen molar-refractivity contribution in [2.24, 2.45) is 11.7 Å². The van der Waals surface area contributed by atoms with Gasteiger partial charge in [-0.05, 0) is 32.0 Å². The van der Waals surface area contributed by atoms with Crippen molar-refractivity contribution in [2.45, 2.75) is 6.42 Å². The molecular formula is C16H22N4O. The Bertz CT molecular complexity index is 561. The van der Waals surface area contributed by atoms with E-state index in [-0.39, 0.29) is 12.5 Å². The molecule has 0 aliphatic carbocycles. The second kappa shape index (κ2) is 7.21. The molecule has 1 aromatic rings. The zero-order valence-corrected chi connectivity index (χ0v) is 12.7. The molecule has 1 unspecified atom stereocenters. The number of carbonyl (C=O) groups is 1. The highest BCUT2D eigenvalue weighted by atomic mass is 16.2. The van der Waals surface area contributed by atoms with E-state index in [1.807, 2.05) is 7.05 Å². The summed E-state index contributed by atoms with van der Waals surface area (Å²) >= 11 is 0. The molecule has 1 aliphatic heterocycles. The van der Waals surface area contributed by atoms with E-state index in [4.69, 9.17) is 5.73 Å². The minimum Gasteiger partial charge on any atom is -0.341 e. The smallest absolute Gasteiger partial charge is 0.254 e. The number of rotatable bonds is 3. The van der Waals surface area contributed by atoms with Crippen molar-refractivity contribution in [1.29, 1.82) is 0 Å². The lowest BCUT2D eigenvalue weighted by molar-refractivity contribution is 0.0773. The number of pyridine rings is 1. The number of carbonyl (C=O) groups excluding carboxylic acids is 1. The third-order valence-electron chi connectivity index (χ3n) is 3.74. The molecule has 1 fully saturated rings. The van der Waals surface area contributed by atoms with E-state index in [1.165, 1.54) is 0 Å². The first-order valence-electron chi connectivity index (χ1n) is 7.18. The van der Waals surface area contributed by atoms with Gasteiger partial charge in [0.25, 0.3) is 5.91 Å². The Kier molecular flexibility index (Phi) is 5.32. The summed E-state index contributed by atoms with van der Waals surface area (Å²) in [4.78, 5) is 20.7. The number of hydrogen-bond donors (Lipinski definition) is 1. The molecule has 2 rings (SSSR count). The van der Waals surface area contributed by atoms with Gasteiger partial charge in [-0.25, -0.2) is 0 Å². The average molecular weight is 286 g/mol. The lowest BCUT2D eigenvalue weighted by Gasteiger charge is -2.21. The molecule has 0 bridgehead atoms. The van der Waals surface area contributed by atoms with Crippen LogP contribution in [0.25, 0.3) is 0 Å². The van der Waals surface area contributed by atoms with Crippen molar-refractivity contribution >= 4 is 5.91 Å². The zero-order valence-electron chi connectivity index (χ0n) is 12.7. The van der Waals surface area contributed by atoms with E-state index in [0.717, 1.165) is 26.1 Å². The Morgan fingerprint density at radius 1 is 1.62 bits per heavy atom. The molecule has 2 N–H and O–H groups in total. The summed E-state index contributed by atoms with van der Waals surface area (Å²) < 4.78 is 0. The minimum absolute atomic E-state index is 0.00623. The van der Waals surface area contributed by atoms with Crippen molar-refractivity contribution in [3.8, 4) is 11.8 Å². The van der Waals surface area contributed by atoms with Crippen LogP contribution in [0.4, 0.5) is 0 Å². The fourth-order valence-corrected chi connectivity index (χ4v) is 2.68. The second-order valence-corrected chi connectivity index (χ2v) is 5.53. The highest BCUT2D eigenvalue weighted by molar-refractivity contribution is 5.96. The molecule has 112 valence electrons. The van der Waals surface area contributed by atoms with E-state index in [2.05, 4.69) is 28.8 Å². The normalized spacial score (nSPS) is 18.1. The highest BCUT2D eigenvalue weighted by Crippen LogP contribution is 2.17. The maximum Gasteiger partial charge on any atom is 0.254 e. The fourth-order valence-electron chi connectivity index (χ4n) is 2.68. The second-order valence-electron chi connectivity index (χ2n) is 5.53. The molecule has 1 atom stereocenters. The van der Waals surface area contributed by atoms with Gasteiger partial charge in [-0.3, -0.25) is 9.78 Å². The van der Waals surface area contributed by atoms with E-state index >= 15 is 0 Å². The molecule has 0 saturated carbocycles. The first kappa shape index (κ1) is 15.5. The monoisotopic (exact) mass is 286 g/mol. The van der Waals surface area contributed by atoms with E-state index in [1.54, 1.807) is 23.4 Å². The van der Waals surface area contributed by atoms with Gasteiger partial charge in [0.2, 0.25) is 0 Å². The molecular weight excluding hydrogens is 264 g/mol. The fraction of sp³-hybridized carbons (Fsp3) is 0.500. The number of likely N-dealkylation sites (tertiary alicyclic amines) is 1. The van der Waals surface area contributed by atoms with Crippen molar-refractivity contribution in [3.05, 3.63) is 29.6 Å².